The first kappa shape index (κ1) is 24.9. The second kappa shape index (κ2) is 10.7. The van der Waals surface area contributed by atoms with Gasteiger partial charge in [-0.25, -0.2) is 9.37 Å². The van der Waals surface area contributed by atoms with Gasteiger partial charge in [0.2, 0.25) is 5.95 Å². The minimum Gasteiger partial charge on any atom is -0.457 e. The van der Waals surface area contributed by atoms with Crippen molar-refractivity contribution in [3.8, 4) is 11.5 Å². The van der Waals surface area contributed by atoms with E-state index in [1.807, 2.05) is 41.9 Å². The van der Waals surface area contributed by atoms with Gasteiger partial charge >= 0.3 is 0 Å². The van der Waals surface area contributed by atoms with E-state index in [1.165, 1.54) is 6.07 Å². The molecule has 7 nitrogen and oxygen atoms in total. The van der Waals surface area contributed by atoms with Crippen molar-refractivity contribution in [2.45, 2.75) is 39.0 Å². The lowest BCUT2D eigenvalue weighted by atomic mass is 9.91. The van der Waals surface area contributed by atoms with E-state index < -0.39 is 0 Å². The number of ether oxygens (including phenoxy) is 1. The summed E-state index contributed by atoms with van der Waals surface area (Å²) in [7, 11) is 1.89. The molecule has 0 atom stereocenters. The highest BCUT2D eigenvalue weighted by molar-refractivity contribution is 5.83. The maximum Gasteiger partial charge on any atom is 0.208 e. The lowest BCUT2D eigenvalue weighted by molar-refractivity contribution is -0.123. The van der Waals surface area contributed by atoms with Crippen LogP contribution >= 0.6 is 0 Å². The van der Waals surface area contributed by atoms with Gasteiger partial charge < -0.3 is 19.9 Å². The van der Waals surface area contributed by atoms with Gasteiger partial charge in [0.15, 0.2) is 0 Å². The Hall–Kier alpha value is -3.78. The molecule has 1 fully saturated rings. The van der Waals surface area contributed by atoms with Gasteiger partial charge in [0, 0.05) is 37.7 Å². The lowest BCUT2D eigenvalue weighted by Crippen LogP contribution is -2.32. The molecule has 0 saturated carbocycles. The van der Waals surface area contributed by atoms with E-state index in [4.69, 9.17) is 4.74 Å². The van der Waals surface area contributed by atoms with Gasteiger partial charge in [-0.3, -0.25) is 9.78 Å². The predicted molar refractivity (Wildman–Crippen MR) is 143 cm³/mol. The Bertz CT molecular complexity index is 1430. The highest BCUT2D eigenvalue weighted by Crippen LogP contribution is 2.30. The van der Waals surface area contributed by atoms with E-state index in [-0.39, 0.29) is 23.4 Å². The molecule has 37 heavy (non-hydrogen) atoms. The van der Waals surface area contributed by atoms with Crippen molar-refractivity contribution >= 4 is 28.5 Å². The van der Waals surface area contributed by atoms with E-state index in [0.717, 1.165) is 42.5 Å². The Labute approximate surface area is 216 Å². The Kier molecular flexibility index (Phi) is 7.19. The average molecular weight is 502 g/mol. The molecule has 3 heterocycles. The fourth-order valence-corrected chi connectivity index (χ4v) is 4.69. The van der Waals surface area contributed by atoms with Crippen LogP contribution in [0.25, 0.3) is 11.0 Å². The number of ketones is 1. The number of carbonyl (C=O) groups is 1. The zero-order chi connectivity index (χ0) is 25.9. The standard InChI is InChI=1S/C29H32FN5O2/c1-18(2)20-4-6-24(30)25(14-20)33-29-34-26-17-22(5-7-27(26)35(29)3)37-23-10-13-32-21(15-23)16-28(36)19-8-11-31-12-9-19/h4-7,10,13-15,17-19,31H,8-9,11-12,16H2,1-3H3,(H,33,34). The zero-order valence-electron chi connectivity index (χ0n) is 21.4. The summed E-state index contributed by atoms with van der Waals surface area (Å²) in [6, 6.07) is 14.3. The number of hydrogen-bond donors (Lipinski definition) is 2. The van der Waals surface area contributed by atoms with E-state index >= 15 is 0 Å². The number of halogens is 1. The molecule has 1 aliphatic rings. The number of pyridine rings is 1. The molecule has 5 rings (SSSR count). The summed E-state index contributed by atoms with van der Waals surface area (Å²) in [5.41, 5.74) is 3.76. The zero-order valence-corrected chi connectivity index (χ0v) is 21.4. The minimum atomic E-state index is -0.326. The second-order valence-corrected chi connectivity index (χ2v) is 9.92. The van der Waals surface area contributed by atoms with Gasteiger partial charge in [-0.1, -0.05) is 19.9 Å². The summed E-state index contributed by atoms with van der Waals surface area (Å²) >= 11 is 0. The summed E-state index contributed by atoms with van der Waals surface area (Å²) < 4.78 is 22.5. The fraction of sp³-hybridized carbons (Fsp3) is 0.345. The average Bonchev–Trinajstić information content (AvgIpc) is 3.20. The maximum absolute atomic E-state index is 14.5. The number of aryl methyl sites for hydroxylation is 1. The fourth-order valence-electron chi connectivity index (χ4n) is 4.69. The first-order chi connectivity index (χ1) is 17.9. The molecule has 2 aromatic carbocycles. The Morgan fingerprint density at radius 3 is 2.70 bits per heavy atom. The van der Waals surface area contributed by atoms with Crippen LogP contribution in [0.1, 0.15) is 43.9 Å². The first-order valence-corrected chi connectivity index (χ1v) is 12.8. The summed E-state index contributed by atoms with van der Waals surface area (Å²) in [4.78, 5) is 21.7. The molecule has 2 aromatic heterocycles. The monoisotopic (exact) mass is 501 g/mol. The predicted octanol–water partition coefficient (Wildman–Crippen LogP) is 5.88. The van der Waals surface area contributed by atoms with Crippen LogP contribution in [0.4, 0.5) is 16.0 Å². The Balaban J connectivity index is 1.32. The SMILES string of the molecule is CC(C)c1ccc(F)c(Nc2nc3cc(Oc4ccnc(CC(=O)C5CCNCC5)c4)ccc3n2C)c1. The van der Waals surface area contributed by atoms with Crippen molar-refractivity contribution in [3.05, 3.63) is 71.8 Å². The molecule has 0 spiro atoms. The second-order valence-electron chi connectivity index (χ2n) is 9.92. The van der Waals surface area contributed by atoms with Crippen molar-refractivity contribution in [3.63, 3.8) is 0 Å². The number of carbonyl (C=O) groups excluding carboxylic acids is 1. The molecule has 0 unspecified atom stereocenters. The topological polar surface area (TPSA) is 81.1 Å². The van der Waals surface area contributed by atoms with Crippen molar-refractivity contribution in [2.24, 2.45) is 13.0 Å². The van der Waals surface area contributed by atoms with E-state index in [2.05, 4.69) is 34.4 Å². The number of hydrogen-bond acceptors (Lipinski definition) is 6. The van der Waals surface area contributed by atoms with Gasteiger partial charge in [0.1, 0.15) is 23.1 Å². The molecule has 1 aliphatic heterocycles. The molecule has 0 aliphatic carbocycles. The van der Waals surface area contributed by atoms with Gasteiger partial charge in [-0.2, -0.15) is 0 Å². The molecule has 192 valence electrons. The highest BCUT2D eigenvalue weighted by Gasteiger charge is 2.21. The molecule has 1 saturated heterocycles. The normalized spacial score (nSPS) is 14.3. The smallest absolute Gasteiger partial charge is 0.208 e. The Morgan fingerprint density at radius 1 is 1.14 bits per heavy atom. The number of piperidine rings is 1. The molecular formula is C29H32FN5O2. The maximum atomic E-state index is 14.5. The quantitative estimate of drug-likeness (QED) is 0.314. The minimum absolute atomic E-state index is 0.100. The molecule has 2 N–H and O–H groups in total. The van der Waals surface area contributed by atoms with Crippen molar-refractivity contribution in [2.75, 3.05) is 18.4 Å². The van der Waals surface area contributed by atoms with Crippen LogP contribution in [-0.2, 0) is 18.3 Å². The third-order valence-corrected chi connectivity index (χ3v) is 6.93. The van der Waals surface area contributed by atoms with Crippen LogP contribution in [0.15, 0.2) is 54.7 Å². The van der Waals surface area contributed by atoms with E-state index in [1.54, 1.807) is 18.3 Å². The molecular weight excluding hydrogens is 469 g/mol. The number of rotatable bonds is 8. The largest absolute Gasteiger partial charge is 0.457 e. The number of aromatic nitrogens is 3. The molecule has 0 amide bonds. The van der Waals surface area contributed by atoms with Crippen LogP contribution in [0.3, 0.4) is 0 Å². The van der Waals surface area contributed by atoms with Crippen molar-refractivity contribution in [1.29, 1.82) is 0 Å². The van der Waals surface area contributed by atoms with Gasteiger partial charge in [-0.15, -0.1) is 0 Å². The molecule has 0 bridgehead atoms. The number of fused-ring (bicyclic) bond motifs is 1. The van der Waals surface area contributed by atoms with E-state index in [0.29, 0.717) is 35.2 Å². The van der Waals surface area contributed by atoms with Crippen LogP contribution in [0.5, 0.6) is 11.5 Å². The molecule has 8 heteroatoms. The number of nitrogens with zero attached hydrogens (tertiary/aromatic N) is 3. The number of nitrogens with one attached hydrogen (secondary N) is 2. The summed E-state index contributed by atoms with van der Waals surface area (Å²) in [5, 5.41) is 6.43. The van der Waals surface area contributed by atoms with Gasteiger partial charge in [-0.05, 0) is 67.7 Å². The van der Waals surface area contributed by atoms with Crippen molar-refractivity contribution < 1.29 is 13.9 Å². The first-order valence-electron chi connectivity index (χ1n) is 12.8. The summed E-state index contributed by atoms with van der Waals surface area (Å²) in [5.74, 6) is 2.07. The van der Waals surface area contributed by atoms with Crippen molar-refractivity contribution in [1.82, 2.24) is 19.9 Å². The molecule has 0 radical (unpaired) electrons. The van der Waals surface area contributed by atoms with E-state index in [9.17, 15) is 9.18 Å². The number of benzene rings is 2. The lowest BCUT2D eigenvalue weighted by Gasteiger charge is -2.21. The van der Waals surface area contributed by atoms with Gasteiger partial charge in [0.25, 0.3) is 0 Å². The van der Waals surface area contributed by atoms with Crippen LogP contribution in [0, 0.1) is 11.7 Å². The molecule has 4 aromatic rings. The van der Waals surface area contributed by atoms with Crippen LogP contribution < -0.4 is 15.4 Å². The number of Topliss-reactive ketones (excluding diaryl/α,β-unsaturated/α-hetero) is 1. The number of anilines is 2. The van der Waals surface area contributed by atoms with Crippen LogP contribution in [-0.4, -0.2) is 33.4 Å². The Morgan fingerprint density at radius 2 is 1.92 bits per heavy atom. The highest BCUT2D eigenvalue weighted by atomic mass is 19.1. The van der Waals surface area contributed by atoms with Crippen LogP contribution in [0.2, 0.25) is 0 Å². The van der Waals surface area contributed by atoms with Gasteiger partial charge in [0.05, 0.1) is 22.4 Å². The third kappa shape index (κ3) is 5.64. The third-order valence-electron chi connectivity index (χ3n) is 6.93. The number of imidazole rings is 1. The summed E-state index contributed by atoms with van der Waals surface area (Å²) in [6.45, 7) is 5.93. The summed E-state index contributed by atoms with van der Waals surface area (Å²) in [6.07, 6.45) is 3.74.